The summed E-state index contributed by atoms with van der Waals surface area (Å²) in [6.07, 6.45) is 5.49. The van der Waals surface area contributed by atoms with Crippen LogP contribution in [0.2, 0.25) is 0 Å². The Bertz CT molecular complexity index is 584. The van der Waals surface area contributed by atoms with E-state index in [2.05, 4.69) is 55.9 Å². The minimum absolute atomic E-state index is 0.439. The van der Waals surface area contributed by atoms with Gasteiger partial charge in [-0.3, -0.25) is 0 Å². The van der Waals surface area contributed by atoms with Gasteiger partial charge in [-0.15, -0.1) is 11.3 Å². The quantitative estimate of drug-likeness (QED) is 0.799. The lowest BCUT2D eigenvalue weighted by Gasteiger charge is -2.43. The third kappa shape index (κ3) is 2.40. The molecule has 3 rings (SSSR count). The van der Waals surface area contributed by atoms with Crippen LogP contribution in [0.4, 0.5) is 0 Å². The second kappa shape index (κ2) is 5.50. The predicted molar refractivity (Wildman–Crippen MR) is 89.4 cm³/mol. The van der Waals surface area contributed by atoms with Gasteiger partial charge in [-0.05, 0) is 53.6 Å². The van der Waals surface area contributed by atoms with Crippen LogP contribution in [-0.4, -0.2) is 7.05 Å². The van der Waals surface area contributed by atoms with Crippen LogP contribution in [0.3, 0.4) is 0 Å². The van der Waals surface area contributed by atoms with E-state index in [4.69, 9.17) is 0 Å². The molecule has 1 saturated carbocycles. The van der Waals surface area contributed by atoms with Crippen molar-refractivity contribution >= 4 is 21.4 Å². The first kappa shape index (κ1) is 14.1. The van der Waals surface area contributed by atoms with Crippen molar-refractivity contribution in [2.75, 3.05) is 7.05 Å². The van der Waals surface area contributed by atoms with E-state index in [1.807, 2.05) is 11.3 Å². The van der Waals surface area contributed by atoms with Gasteiger partial charge < -0.3 is 5.32 Å². The van der Waals surface area contributed by atoms with Crippen molar-refractivity contribution in [1.82, 2.24) is 5.32 Å². The molecule has 0 radical (unpaired) electrons. The van der Waals surface area contributed by atoms with Gasteiger partial charge in [0.25, 0.3) is 0 Å². The zero-order chi connectivity index (χ0) is 14.2. The van der Waals surface area contributed by atoms with Crippen molar-refractivity contribution in [2.24, 2.45) is 11.3 Å². The maximum Gasteiger partial charge on any atom is 0.0365 e. The number of rotatable bonds is 3. The lowest BCUT2D eigenvalue weighted by atomic mass is 9.65. The second-order valence-electron chi connectivity index (χ2n) is 6.79. The molecule has 2 aromatic rings. The van der Waals surface area contributed by atoms with Gasteiger partial charge in [-0.1, -0.05) is 44.9 Å². The van der Waals surface area contributed by atoms with Gasteiger partial charge >= 0.3 is 0 Å². The lowest BCUT2D eigenvalue weighted by molar-refractivity contribution is 0.102. The standard InChI is InChI=1S/C18H25NS/c1-18(2)11-7-6-9-15(18)17(19-3)14-12-20-16-10-5-4-8-13(14)16/h4-5,8,10,12,15,17,19H,6-7,9,11H2,1-3H3. The Morgan fingerprint density at radius 1 is 1.25 bits per heavy atom. The van der Waals surface area contributed by atoms with Crippen LogP contribution in [0.15, 0.2) is 29.6 Å². The molecule has 0 spiro atoms. The molecular formula is C18H25NS. The maximum atomic E-state index is 3.63. The molecule has 2 heteroatoms. The molecule has 2 atom stereocenters. The molecule has 108 valence electrons. The van der Waals surface area contributed by atoms with E-state index >= 15 is 0 Å². The van der Waals surface area contributed by atoms with Crippen molar-refractivity contribution in [3.05, 3.63) is 35.2 Å². The van der Waals surface area contributed by atoms with Gasteiger partial charge in [0, 0.05) is 10.7 Å². The first-order valence-corrected chi connectivity index (χ1v) is 8.65. The molecule has 1 nitrogen and oxygen atoms in total. The van der Waals surface area contributed by atoms with Crippen LogP contribution in [0.5, 0.6) is 0 Å². The summed E-state index contributed by atoms with van der Waals surface area (Å²) < 4.78 is 1.41. The van der Waals surface area contributed by atoms with Gasteiger partial charge in [-0.25, -0.2) is 0 Å². The summed E-state index contributed by atoms with van der Waals surface area (Å²) in [5, 5.41) is 7.44. The maximum absolute atomic E-state index is 3.63. The van der Waals surface area contributed by atoms with Crippen molar-refractivity contribution in [1.29, 1.82) is 0 Å². The van der Waals surface area contributed by atoms with Crippen molar-refractivity contribution in [3.8, 4) is 0 Å². The molecule has 1 heterocycles. The molecule has 0 bridgehead atoms. The first-order chi connectivity index (χ1) is 9.63. The highest BCUT2D eigenvalue weighted by Gasteiger charge is 2.38. The SMILES string of the molecule is CNC(c1csc2ccccc12)C1CCCCC1(C)C. The van der Waals surface area contributed by atoms with E-state index in [-0.39, 0.29) is 0 Å². The summed E-state index contributed by atoms with van der Waals surface area (Å²) in [7, 11) is 2.13. The van der Waals surface area contributed by atoms with E-state index in [0.717, 1.165) is 5.92 Å². The second-order valence-corrected chi connectivity index (χ2v) is 7.71. The molecule has 1 aliphatic rings. The molecule has 2 unspecified atom stereocenters. The predicted octanol–water partition coefficient (Wildman–Crippen LogP) is 5.38. The van der Waals surface area contributed by atoms with Gasteiger partial charge in [-0.2, -0.15) is 0 Å². The Balaban J connectivity index is 2.01. The topological polar surface area (TPSA) is 12.0 Å². The Morgan fingerprint density at radius 2 is 2.05 bits per heavy atom. The van der Waals surface area contributed by atoms with Gasteiger partial charge in [0.05, 0.1) is 0 Å². The Morgan fingerprint density at radius 3 is 2.80 bits per heavy atom. The largest absolute Gasteiger partial charge is 0.313 e. The normalized spacial score (nSPS) is 23.9. The minimum atomic E-state index is 0.439. The highest BCUT2D eigenvalue weighted by molar-refractivity contribution is 7.17. The van der Waals surface area contributed by atoms with Crippen molar-refractivity contribution < 1.29 is 0 Å². The average molecular weight is 287 g/mol. The molecule has 1 fully saturated rings. The number of hydrogen-bond acceptors (Lipinski definition) is 2. The number of thiophene rings is 1. The molecule has 1 N–H and O–H groups in total. The molecule has 0 aliphatic heterocycles. The zero-order valence-corrected chi connectivity index (χ0v) is 13.6. The molecule has 0 amide bonds. The van der Waals surface area contributed by atoms with Crippen LogP contribution < -0.4 is 5.32 Å². The van der Waals surface area contributed by atoms with Crippen LogP contribution in [-0.2, 0) is 0 Å². The molecule has 1 aromatic heterocycles. The van der Waals surface area contributed by atoms with Gasteiger partial charge in [0.1, 0.15) is 0 Å². The number of benzene rings is 1. The average Bonchev–Trinajstić information content (AvgIpc) is 2.85. The van der Waals surface area contributed by atoms with Gasteiger partial charge in [0.2, 0.25) is 0 Å². The molecule has 0 saturated heterocycles. The minimum Gasteiger partial charge on any atom is -0.313 e. The summed E-state index contributed by atoms with van der Waals surface area (Å²) >= 11 is 1.88. The van der Waals surface area contributed by atoms with Crippen LogP contribution in [0.1, 0.15) is 51.1 Å². The summed E-state index contributed by atoms with van der Waals surface area (Å²) in [6.45, 7) is 4.91. The van der Waals surface area contributed by atoms with E-state index in [1.165, 1.54) is 41.3 Å². The molecule has 1 aromatic carbocycles. The molecule has 20 heavy (non-hydrogen) atoms. The fourth-order valence-electron chi connectivity index (χ4n) is 3.95. The summed E-state index contributed by atoms with van der Waals surface area (Å²) in [6, 6.07) is 9.31. The summed E-state index contributed by atoms with van der Waals surface area (Å²) in [5.41, 5.74) is 1.95. The Kier molecular flexibility index (Phi) is 3.87. The Hall–Kier alpha value is -0.860. The van der Waals surface area contributed by atoms with Crippen molar-refractivity contribution in [2.45, 2.75) is 45.6 Å². The number of nitrogens with one attached hydrogen (secondary N) is 1. The summed E-state index contributed by atoms with van der Waals surface area (Å²) in [5.74, 6) is 0.735. The third-order valence-corrected chi connectivity index (χ3v) is 6.13. The van der Waals surface area contributed by atoms with Crippen molar-refractivity contribution in [3.63, 3.8) is 0 Å². The van der Waals surface area contributed by atoms with E-state index < -0.39 is 0 Å². The highest BCUT2D eigenvalue weighted by atomic mass is 32.1. The molecular weight excluding hydrogens is 262 g/mol. The van der Waals surface area contributed by atoms with E-state index in [9.17, 15) is 0 Å². The fraction of sp³-hybridized carbons (Fsp3) is 0.556. The van der Waals surface area contributed by atoms with Crippen LogP contribution in [0.25, 0.3) is 10.1 Å². The van der Waals surface area contributed by atoms with Gasteiger partial charge in [0.15, 0.2) is 0 Å². The number of hydrogen-bond donors (Lipinski definition) is 1. The number of fused-ring (bicyclic) bond motifs is 1. The van der Waals surface area contributed by atoms with Crippen LogP contribution in [0, 0.1) is 11.3 Å². The Labute approximate surface area is 126 Å². The monoisotopic (exact) mass is 287 g/mol. The first-order valence-electron chi connectivity index (χ1n) is 7.77. The third-order valence-electron chi connectivity index (χ3n) is 5.15. The van der Waals surface area contributed by atoms with Crippen LogP contribution >= 0.6 is 11.3 Å². The highest BCUT2D eigenvalue weighted by Crippen LogP contribution is 2.48. The summed E-state index contributed by atoms with van der Waals surface area (Å²) in [4.78, 5) is 0. The lowest BCUT2D eigenvalue weighted by Crippen LogP contribution is -2.37. The smallest absolute Gasteiger partial charge is 0.0365 e. The fourth-order valence-corrected chi connectivity index (χ4v) is 4.95. The van der Waals surface area contributed by atoms with E-state index in [0.29, 0.717) is 11.5 Å². The molecule has 1 aliphatic carbocycles. The zero-order valence-electron chi connectivity index (χ0n) is 12.8. The van der Waals surface area contributed by atoms with E-state index in [1.54, 1.807) is 0 Å².